The van der Waals surface area contributed by atoms with Crippen molar-refractivity contribution in [3.8, 4) is 0 Å². The van der Waals surface area contributed by atoms with Gasteiger partial charge in [0.2, 0.25) is 0 Å². The van der Waals surface area contributed by atoms with E-state index in [9.17, 15) is 4.79 Å². The van der Waals surface area contributed by atoms with Crippen molar-refractivity contribution in [2.45, 2.75) is 58.7 Å². The number of epoxide rings is 1. The summed E-state index contributed by atoms with van der Waals surface area (Å²) >= 11 is 0. The van der Waals surface area contributed by atoms with Gasteiger partial charge < -0.3 is 9.47 Å². The van der Waals surface area contributed by atoms with E-state index in [-0.39, 0.29) is 29.0 Å². The molecule has 2 fully saturated rings. The minimum absolute atomic E-state index is 0.00678. The van der Waals surface area contributed by atoms with Gasteiger partial charge in [-0.3, -0.25) is 4.79 Å². The summed E-state index contributed by atoms with van der Waals surface area (Å²) in [6, 6.07) is 0. The van der Waals surface area contributed by atoms with Crippen molar-refractivity contribution in [2.75, 3.05) is 6.61 Å². The van der Waals surface area contributed by atoms with Gasteiger partial charge in [-0.1, -0.05) is 27.4 Å². The molecule has 1 heterocycles. The summed E-state index contributed by atoms with van der Waals surface area (Å²) in [6.45, 7) is 12.6. The molecule has 0 spiro atoms. The molecule has 0 aromatic heterocycles. The van der Waals surface area contributed by atoms with Crippen LogP contribution in [0.15, 0.2) is 12.2 Å². The third-order valence-corrected chi connectivity index (χ3v) is 4.24. The second kappa shape index (κ2) is 4.37. The highest BCUT2D eigenvalue weighted by Crippen LogP contribution is 2.58. The molecule has 0 aromatic carbocycles. The monoisotopic (exact) mass is 252 g/mol. The molecule has 0 radical (unpaired) electrons. The molecule has 0 aromatic rings. The number of hydrogen-bond donors (Lipinski definition) is 0. The molecule has 3 atom stereocenters. The maximum atomic E-state index is 11.9. The summed E-state index contributed by atoms with van der Waals surface area (Å²) < 4.78 is 11.1. The number of carbonyl (C=O) groups is 1. The van der Waals surface area contributed by atoms with E-state index in [1.807, 2.05) is 6.92 Å². The Labute approximate surface area is 110 Å². The van der Waals surface area contributed by atoms with Crippen LogP contribution < -0.4 is 0 Å². The van der Waals surface area contributed by atoms with Crippen molar-refractivity contribution >= 4 is 5.97 Å². The summed E-state index contributed by atoms with van der Waals surface area (Å²) in [5.41, 5.74) is 1.05. The molecule has 0 amide bonds. The minimum atomic E-state index is -0.0870. The molecule has 3 nitrogen and oxygen atoms in total. The molecule has 3 unspecified atom stereocenters. The topological polar surface area (TPSA) is 38.8 Å². The van der Waals surface area contributed by atoms with Crippen molar-refractivity contribution in [2.24, 2.45) is 11.3 Å². The van der Waals surface area contributed by atoms with E-state index in [0.29, 0.717) is 6.61 Å². The molecule has 0 bridgehead atoms. The van der Waals surface area contributed by atoms with Crippen molar-refractivity contribution < 1.29 is 14.3 Å². The van der Waals surface area contributed by atoms with Crippen molar-refractivity contribution in [3.63, 3.8) is 0 Å². The third-order valence-electron chi connectivity index (χ3n) is 4.24. The fourth-order valence-corrected chi connectivity index (χ4v) is 3.00. The second-order valence-electron chi connectivity index (χ2n) is 6.78. The Kier molecular flexibility index (Phi) is 3.30. The van der Waals surface area contributed by atoms with E-state index in [4.69, 9.17) is 9.47 Å². The van der Waals surface area contributed by atoms with Crippen LogP contribution in [-0.2, 0) is 14.3 Å². The number of hydrogen-bond acceptors (Lipinski definition) is 3. The fourth-order valence-electron chi connectivity index (χ4n) is 3.00. The molecule has 18 heavy (non-hydrogen) atoms. The van der Waals surface area contributed by atoms with Crippen LogP contribution >= 0.6 is 0 Å². The van der Waals surface area contributed by atoms with E-state index in [1.54, 1.807) is 0 Å². The van der Waals surface area contributed by atoms with Crippen molar-refractivity contribution in [3.05, 3.63) is 12.2 Å². The smallest absolute Gasteiger partial charge is 0.309 e. The average Bonchev–Trinajstić information content (AvgIpc) is 2.99. The second-order valence-corrected chi connectivity index (χ2v) is 6.78. The zero-order chi connectivity index (χ0) is 13.6. The lowest BCUT2D eigenvalue weighted by atomic mass is 9.69. The highest BCUT2D eigenvalue weighted by molar-refractivity contribution is 5.73. The molecule has 2 aliphatic rings. The van der Waals surface area contributed by atoms with E-state index in [0.717, 1.165) is 24.8 Å². The first kappa shape index (κ1) is 13.6. The Morgan fingerprint density at radius 1 is 1.50 bits per heavy atom. The van der Waals surface area contributed by atoms with Crippen LogP contribution in [0.4, 0.5) is 0 Å². The third kappa shape index (κ3) is 2.33. The van der Waals surface area contributed by atoms with Crippen LogP contribution in [0.1, 0.15) is 47.0 Å². The predicted octanol–water partition coefficient (Wildman–Crippen LogP) is 3.09. The van der Waals surface area contributed by atoms with Crippen LogP contribution in [0.25, 0.3) is 0 Å². The number of rotatable bonds is 3. The molecular formula is C15H24O3. The van der Waals surface area contributed by atoms with Gasteiger partial charge in [-0.2, -0.15) is 0 Å². The number of ether oxygens (including phenoxy) is 2. The average molecular weight is 252 g/mol. The summed E-state index contributed by atoms with van der Waals surface area (Å²) in [4.78, 5) is 11.9. The van der Waals surface area contributed by atoms with Crippen LogP contribution in [-0.4, -0.2) is 24.3 Å². The molecular weight excluding hydrogens is 228 g/mol. The Morgan fingerprint density at radius 2 is 2.17 bits per heavy atom. The Balaban J connectivity index is 1.88. The Bertz CT molecular complexity index is 366. The number of esters is 1. The Morgan fingerprint density at radius 3 is 2.67 bits per heavy atom. The number of carbonyl (C=O) groups excluding carboxylic acids is 1. The standard InChI is InChI=1S/C15H24O3/c1-10(2)9-17-13(16)11-6-7-15(14(3,4)5)12(8-11)18-15/h11-12H,1,6-9H2,2-5H3. The zero-order valence-corrected chi connectivity index (χ0v) is 11.9. The van der Waals surface area contributed by atoms with E-state index in [2.05, 4.69) is 27.4 Å². The van der Waals surface area contributed by atoms with Gasteiger partial charge >= 0.3 is 5.97 Å². The first-order valence-electron chi connectivity index (χ1n) is 6.75. The molecule has 1 saturated heterocycles. The molecule has 1 aliphatic heterocycles. The highest BCUT2D eigenvalue weighted by atomic mass is 16.6. The summed E-state index contributed by atoms with van der Waals surface area (Å²) in [5, 5.41) is 0. The summed E-state index contributed by atoms with van der Waals surface area (Å²) in [7, 11) is 0. The lowest BCUT2D eigenvalue weighted by Crippen LogP contribution is -2.38. The molecule has 2 rings (SSSR count). The van der Waals surface area contributed by atoms with E-state index >= 15 is 0 Å². The first-order chi connectivity index (χ1) is 8.26. The van der Waals surface area contributed by atoms with Gasteiger partial charge in [-0.15, -0.1) is 0 Å². The molecule has 102 valence electrons. The zero-order valence-electron chi connectivity index (χ0n) is 11.9. The van der Waals surface area contributed by atoms with Gasteiger partial charge in [-0.25, -0.2) is 0 Å². The van der Waals surface area contributed by atoms with Crippen LogP contribution in [0.5, 0.6) is 0 Å². The molecule has 1 saturated carbocycles. The molecule has 0 N–H and O–H groups in total. The van der Waals surface area contributed by atoms with Crippen LogP contribution in [0, 0.1) is 11.3 Å². The molecule has 1 aliphatic carbocycles. The maximum absolute atomic E-state index is 11.9. The van der Waals surface area contributed by atoms with Gasteiger partial charge in [0.15, 0.2) is 0 Å². The van der Waals surface area contributed by atoms with Gasteiger partial charge in [0.1, 0.15) is 6.61 Å². The van der Waals surface area contributed by atoms with Crippen molar-refractivity contribution in [1.29, 1.82) is 0 Å². The molecule has 3 heteroatoms. The quantitative estimate of drug-likeness (QED) is 0.440. The van der Waals surface area contributed by atoms with Crippen LogP contribution in [0.2, 0.25) is 0 Å². The maximum Gasteiger partial charge on any atom is 0.309 e. The van der Waals surface area contributed by atoms with Gasteiger partial charge in [0.25, 0.3) is 0 Å². The first-order valence-corrected chi connectivity index (χ1v) is 6.75. The van der Waals surface area contributed by atoms with Gasteiger partial charge in [0, 0.05) is 0 Å². The Hall–Kier alpha value is -0.830. The minimum Gasteiger partial charge on any atom is -0.461 e. The lowest BCUT2D eigenvalue weighted by Gasteiger charge is -2.32. The SMILES string of the molecule is C=C(C)COC(=O)C1CCC2(C(C)(C)C)OC2C1. The highest BCUT2D eigenvalue weighted by Gasteiger charge is 2.65. The fraction of sp³-hybridized carbons (Fsp3) is 0.800. The van der Waals surface area contributed by atoms with Gasteiger partial charge in [-0.05, 0) is 37.2 Å². The lowest BCUT2D eigenvalue weighted by molar-refractivity contribution is -0.148. The largest absolute Gasteiger partial charge is 0.461 e. The normalized spacial score (nSPS) is 34.7. The summed E-state index contributed by atoms with van der Waals surface area (Å²) in [5.74, 6) is -0.0802. The number of fused-ring (bicyclic) bond motifs is 1. The van der Waals surface area contributed by atoms with E-state index < -0.39 is 0 Å². The van der Waals surface area contributed by atoms with E-state index in [1.165, 1.54) is 0 Å². The van der Waals surface area contributed by atoms with Crippen LogP contribution in [0.3, 0.4) is 0 Å². The summed E-state index contributed by atoms with van der Waals surface area (Å²) in [6.07, 6.45) is 2.90. The van der Waals surface area contributed by atoms with Crippen molar-refractivity contribution in [1.82, 2.24) is 0 Å². The predicted molar refractivity (Wildman–Crippen MR) is 70.2 cm³/mol. The van der Waals surface area contributed by atoms with Gasteiger partial charge in [0.05, 0.1) is 17.6 Å².